The summed E-state index contributed by atoms with van der Waals surface area (Å²) in [7, 11) is 0. The monoisotopic (exact) mass is 2250 g/mol. The fourth-order valence-electron chi connectivity index (χ4n) is 13.5. The Morgan fingerprint density at radius 3 is 0.653 bits per heavy atom. The summed E-state index contributed by atoms with van der Waals surface area (Å²) < 4.78 is 34.9. The first-order chi connectivity index (χ1) is 48.1. The zero-order valence-corrected chi connectivity index (χ0v) is 92.8. The second-order valence-corrected chi connectivity index (χ2v) is 142. The summed E-state index contributed by atoms with van der Waals surface area (Å²) in [5, 5.41) is 0. The first kappa shape index (κ1) is 115. The van der Waals surface area contributed by atoms with Crippen molar-refractivity contribution in [2.75, 3.05) is 0 Å². The van der Waals surface area contributed by atoms with Crippen LogP contribution < -0.4 is 3.58 Å². The quantitative estimate of drug-likeness (QED) is 0.0450. The molecule has 0 nitrogen and oxygen atoms in total. The normalized spacial score (nSPS) is 11.0. The topological polar surface area (TPSA) is 0 Å². The molecule has 0 unspecified atom stereocenters. The molecule has 0 fully saturated rings. The van der Waals surface area contributed by atoms with Gasteiger partial charge in [-0.05, 0) is 0 Å². The van der Waals surface area contributed by atoms with Crippen LogP contribution in [-0.2, 0) is 0 Å². The van der Waals surface area contributed by atoms with Crippen molar-refractivity contribution < 1.29 is 0 Å². The Kier molecular flexibility index (Phi) is 89.7. The van der Waals surface area contributed by atoms with E-state index in [0.717, 1.165) is 13.3 Å². The molecule has 0 aliphatic heterocycles. The molecule has 0 atom stereocenters. The Hall–Kier alpha value is 0.670. The number of hydrogen-bond donors (Lipinski definition) is 0. The van der Waals surface area contributed by atoms with E-state index in [-0.39, 0.29) is 0 Å². The van der Waals surface area contributed by atoms with E-state index in [1.165, 1.54) is 152 Å². The molecule has 1 aromatic rings. The molecule has 0 aliphatic carbocycles. The van der Waals surface area contributed by atoms with Gasteiger partial charge in [0, 0.05) is 0 Å². The van der Waals surface area contributed by atoms with Crippen molar-refractivity contribution in [2.24, 2.45) is 0 Å². The standard InChI is InChI=1S/C6H5.6C4H9.19C3H5.6CH3.8Sn/c1-2-4-6-5-3-1;6*1-3-4-2;19*1-3-2;;;;;;;;;;;;;;/h1-5H;6*1,3-4H2,2H3;19*3H,1-2H2;6*1H3;;;;;;;;. The van der Waals surface area contributed by atoms with Gasteiger partial charge in [0.05, 0.1) is 0 Å². The molecule has 0 N–H and O–H groups in total. The Balaban J connectivity index is -0.000000202. The van der Waals surface area contributed by atoms with Crippen LogP contribution in [-0.4, -0.2) is 147 Å². The van der Waals surface area contributed by atoms with E-state index in [1.807, 2.05) is 0 Å². The number of allylic oxidation sites excluding steroid dienone is 19. The van der Waals surface area contributed by atoms with Crippen molar-refractivity contribution >= 4 is 151 Å². The predicted molar refractivity (Wildman–Crippen MR) is 511 cm³/mol. The third kappa shape index (κ3) is 67.3. The van der Waals surface area contributed by atoms with E-state index in [4.69, 9.17) is 0 Å². The maximum atomic E-state index is 4.02. The van der Waals surface area contributed by atoms with Gasteiger partial charge in [-0.15, -0.1) is 0 Å². The second-order valence-electron chi connectivity index (χ2n) is 31.2. The summed E-state index contributed by atoms with van der Waals surface area (Å²) in [5.41, 5.74) is 0. The molecule has 0 aromatic heterocycles. The minimum atomic E-state index is -2.35. The molecule has 576 valence electrons. The van der Waals surface area contributed by atoms with E-state index in [2.05, 4.69) is 342 Å². The number of benzene rings is 1. The van der Waals surface area contributed by atoms with Crippen molar-refractivity contribution in [2.45, 2.75) is 259 Å². The first-order valence-electron chi connectivity index (χ1n) is 39.8. The fraction of sp³-hybridized carbons (Fsp3) is 0.527. The van der Waals surface area contributed by atoms with Crippen LogP contribution in [0, 0.1) is 0 Å². The van der Waals surface area contributed by atoms with Crippen LogP contribution in [0.15, 0.2) is 271 Å². The molecule has 0 bridgehead atoms. The van der Waals surface area contributed by atoms with Crippen LogP contribution in [0.25, 0.3) is 0 Å². The molecule has 1 rings (SSSR count). The Bertz CT molecular complexity index is 2130. The van der Waals surface area contributed by atoms with Crippen LogP contribution in [0.5, 0.6) is 0 Å². The predicted octanol–water partition coefficient (Wildman–Crippen LogP) is 33.5. The molecule has 0 amide bonds. The summed E-state index contributed by atoms with van der Waals surface area (Å²) >= 11 is -14.8. The Morgan fingerprint density at radius 1 is 0.228 bits per heavy atom. The van der Waals surface area contributed by atoms with E-state index < -0.39 is 147 Å². The van der Waals surface area contributed by atoms with Crippen LogP contribution >= 0.6 is 0 Å². The molecule has 0 spiro atoms. The molecule has 0 aliphatic rings. The zero-order valence-electron chi connectivity index (χ0n) is 70.0. The molecular formula is C93H172Sn8. The maximum absolute atomic E-state index is 4.02. The summed E-state index contributed by atoms with van der Waals surface area (Å²) in [4.78, 5) is 14.5. The molecule has 0 heterocycles. The summed E-state index contributed by atoms with van der Waals surface area (Å²) in [6, 6.07) is 10.9. The van der Waals surface area contributed by atoms with Gasteiger partial charge in [-0.2, -0.15) is 0 Å². The Morgan fingerprint density at radius 2 is 0.436 bits per heavy atom. The van der Waals surface area contributed by atoms with Gasteiger partial charge in [0.2, 0.25) is 0 Å². The summed E-state index contributed by atoms with van der Waals surface area (Å²) in [5.74, 6) is 0. The van der Waals surface area contributed by atoms with E-state index >= 15 is 0 Å². The number of unbranched alkanes of at least 4 members (excludes halogenated alkanes) is 6. The third-order valence-corrected chi connectivity index (χ3v) is 113. The van der Waals surface area contributed by atoms with Crippen LogP contribution in [0.2, 0.25) is 141 Å². The van der Waals surface area contributed by atoms with Gasteiger partial charge < -0.3 is 0 Å². The molecule has 0 saturated carbocycles. The van der Waals surface area contributed by atoms with Crippen LogP contribution in [0.4, 0.5) is 0 Å². The van der Waals surface area contributed by atoms with Gasteiger partial charge in [-0.1, -0.05) is 0 Å². The van der Waals surface area contributed by atoms with Crippen LogP contribution in [0.3, 0.4) is 0 Å². The molecule has 101 heavy (non-hydrogen) atoms. The SMILES string of the molecule is C=C[CH2][Sn]([CH2]C=C)([CH2]C=C)[CH2]C=C.C=C[CH2][Sn]([CH2]C=C)([CH2]C=C)[CH2]CCC.C=C[CH2][Sn]([CH2]C=C)([CH2]C=C)[c]1ccccc1.C=C[CH2][Sn]([CH2]C=C)([CH2]CCC)[CH2]CCC.C=C[CH2][Sn]([CH2]CCC)([CH2]CCC)[CH2]CCC.C=C[CH2][Sn]([CH3])([CH2]C=C)[CH2]C=C.C=C[CH2][Sn]([CH3])([CH3])[CH2]C=C.C=C[CH2][Sn]([CH3])([CH3])[CH3]. The third-order valence-electron chi connectivity index (χ3n) is 19.2. The molecule has 0 saturated heterocycles. The van der Waals surface area contributed by atoms with E-state index in [0.29, 0.717) is 0 Å². The average Bonchev–Trinajstić information content (AvgIpc) is 0.824. The summed E-state index contributed by atoms with van der Waals surface area (Å²) in [6.07, 6.45) is 56.7. The van der Waals surface area contributed by atoms with Gasteiger partial charge in [0.25, 0.3) is 0 Å². The molecule has 8 heteroatoms. The molecular weight excluding hydrogens is 2070 g/mol. The minimum absolute atomic E-state index is 1.16. The second kappa shape index (κ2) is 78.8. The zero-order chi connectivity index (χ0) is 78.7. The van der Waals surface area contributed by atoms with Crippen molar-refractivity contribution in [1.29, 1.82) is 0 Å². The van der Waals surface area contributed by atoms with Crippen molar-refractivity contribution in [3.05, 3.63) is 271 Å². The van der Waals surface area contributed by atoms with E-state index in [1.54, 1.807) is 25.8 Å². The van der Waals surface area contributed by atoms with E-state index in [9.17, 15) is 0 Å². The van der Waals surface area contributed by atoms with Gasteiger partial charge in [0.15, 0.2) is 0 Å². The van der Waals surface area contributed by atoms with Gasteiger partial charge in [-0.25, -0.2) is 0 Å². The van der Waals surface area contributed by atoms with Crippen molar-refractivity contribution in [3.63, 3.8) is 0 Å². The van der Waals surface area contributed by atoms with Crippen LogP contribution in [0.1, 0.15) is 119 Å². The van der Waals surface area contributed by atoms with Gasteiger partial charge >= 0.3 is 681 Å². The van der Waals surface area contributed by atoms with Gasteiger partial charge in [-0.3, -0.25) is 0 Å². The van der Waals surface area contributed by atoms with Gasteiger partial charge in [0.1, 0.15) is 0 Å². The first-order valence-corrected chi connectivity index (χ1v) is 109. The summed E-state index contributed by atoms with van der Waals surface area (Å²) in [6.45, 7) is 87.2. The molecule has 0 radical (unpaired) electrons. The molecule has 1 aromatic carbocycles. The number of hydrogen-bond acceptors (Lipinski definition) is 0. The van der Waals surface area contributed by atoms with Crippen molar-refractivity contribution in [3.8, 4) is 0 Å². The number of rotatable bonds is 57. The van der Waals surface area contributed by atoms with Crippen molar-refractivity contribution in [1.82, 2.24) is 0 Å². The fourth-order valence-corrected chi connectivity index (χ4v) is 88.9. The average molecular weight is 2240 g/mol. The Labute approximate surface area is 670 Å².